The number of pyridine rings is 1. The van der Waals surface area contributed by atoms with E-state index < -0.39 is 16.1 Å². The molecule has 0 saturated heterocycles. The highest BCUT2D eigenvalue weighted by molar-refractivity contribution is 7.89. The van der Waals surface area contributed by atoms with Crippen LogP contribution in [-0.4, -0.2) is 42.0 Å². The van der Waals surface area contributed by atoms with E-state index in [9.17, 15) is 13.5 Å². The predicted octanol–water partition coefficient (Wildman–Crippen LogP) is 3.26. The summed E-state index contributed by atoms with van der Waals surface area (Å²) < 4.78 is 33.3. The van der Waals surface area contributed by atoms with Gasteiger partial charge < -0.3 is 10.4 Å². The van der Waals surface area contributed by atoms with Crippen molar-refractivity contribution in [2.24, 2.45) is 0 Å². The SMILES string of the molecule is C[C@H](CNCC(O)c1ccc2sncc2c1)NS(=O)(=O)c1ccc2cnccc2c1.Cl. The number of aromatic nitrogens is 2. The standard InChI is InChI=1S/C21H22N4O3S2.ClH/c1-14(10-23-13-20(26)16-3-5-21-18(8-16)12-24-29-21)25-30(27,28)19-4-2-17-11-22-7-6-15(17)9-19;/h2-9,11-12,14,20,23,25-26H,10,13H2,1H3;1H/t14-,20?;/m1./s1. The predicted molar refractivity (Wildman–Crippen MR) is 126 cm³/mol. The highest BCUT2D eigenvalue weighted by Crippen LogP contribution is 2.22. The van der Waals surface area contributed by atoms with Crippen molar-refractivity contribution in [2.45, 2.75) is 24.0 Å². The summed E-state index contributed by atoms with van der Waals surface area (Å²) in [4.78, 5) is 4.25. The number of fused-ring (bicyclic) bond motifs is 2. The van der Waals surface area contributed by atoms with Crippen molar-refractivity contribution in [2.75, 3.05) is 13.1 Å². The minimum absolute atomic E-state index is 0. The summed E-state index contributed by atoms with van der Waals surface area (Å²) in [6, 6.07) is 12.1. The van der Waals surface area contributed by atoms with Gasteiger partial charge >= 0.3 is 0 Å². The van der Waals surface area contributed by atoms with Gasteiger partial charge in [0.25, 0.3) is 0 Å². The molecule has 31 heavy (non-hydrogen) atoms. The van der Waals surface area contributed by atoms with E-state index in [2.05, 4.69) is 19.4 Å². The lowest BCUT2D eigenvalue weighted by Crippen LogP contribution is -2.40. The molecule has 7 nitrogen and oxygen atoms in total. The maximum Gasteiger partial charge on any atom is 0.240 e. The van der Waals surface area contributed by atoms with E-state index in [0.717, 1.165) is 26.4 Å². The number of nitrogens with zero attached hydrogens (tertiary/aromatic N) is 2. The molecule has 4 rings (SSSR count). The summed E-state index contributed by atoms with van der Waals surface area (Å²) in [5.74, 6) is 0. The lowest BCUT2D eigenvalue weighted by Gasteiger charge is -2.17. The Balaban J connectivity index is 0.00000272. The largest absolute Gasteiger partial charge is 0.387 e. The van der Waals surface area contributed by atoms with Crippen molar-refractivity contribution < 1.29 is 13.5 Å². The molecule has 2 heterocycles. The van der Waals surface area contributed by atoms with Crippen molar-refractivity contribution in [3.63, 3.8) is 0 Å². The minimum atomic E-state index is -3.65. The number of aliphatic hydroxyl groups excluding tert-OH is 1. The number of rotatable bonds is 8. The van der Waals surface area contributed by atoms with Crippen LogP contribution in [0.1, 0.15) is 18.6 Å². The number of aliphatic hydroxyl groups is 1. The van der Waals surface area contributed by atoms with Gasteiger partial charge in [-0.1, -0.05) is 12.1 Å². The molecule has 2 aromatic carbocycles. The molecule has 0 fully saturated rings. The first-order valence-corrected chi connectivity index (χ1v) is 11.8. The van der Waals surface area contributed by atoms with Crippen LogP contribution in [0.3, 0.4) is 0 Å². The van der Waals surface area contributed by atoms with E-state index in [1.807, 2.05) is 18.2 Å². The number of benzene rings is 2. The third-order valence-electron chi connectivity index (χ3n) is 4.83. The third-order valence-corrected chi connectivity index (χ3v) is 7.19. The Hall–Kier alpha value is -2.14. The van der Waals surface area contributed by atoms with Crippen LogP contribution in [0.5, 0.6) is 0 Å². The Labute approximate surface area is 191 Å². The Morgan fingerprint density at radius 1 is 1.03 bits per heavy atom. The number of halogens is 1. The molecule has 3 N–H and O–H groups in total. The Morgan fingerprint density at radius 2 is 1.87 bits per heavy atom. The zero-order valence-electron chi connectivity index (χ0n) is 16.7. The highest BCUT2D eigenvalue weighted by atomic mass is 35.5. The van der Waals surface area contributed by atoms with Crippen LogP contribution in [0.2, 0.25) is 0 Å². The third kappa shape index (κ3) is 5.57. The van der Waals surface area contributed by atoms with Crippen molar-refractivity contribution in [3.8, 4) is 0 Å². The van der Waals surface area contributed by atoms with Crippen LogP contribution >= 0.6 is 23.9 Å². The maximum atomic E-state index is 12.7. The van der Waals surface area contributed by atoms with E-state index in [-0.39, 0.29) is 23.3 Å². The van der Waals surface area contributed by atoms with Gasteiger partial charge in [0.15, 0.2) is 0 Å². The molecule has 0 aliphatic rings. The average Bonchev–Trinajstić information content (AvgIpc) is 3.20. The fourth-order valence-electron chi connectivity index (χ4n) is 3.26. The smallest absolute Gasteiger partial charge is 0.240 e. The second kappa shape index (κ2) is 9.99. The number of sulfonamides is 1. The second-order valence-electron chi connectivity index (χ2n) is 7.20. The van der Waals surface area contributed by atoms with Crippen molar-refractivity contribution in [3.05, 3.63) is 66.6 Å². The van der Waals surface area contributed by atoms with Crippen molar-refractivity contribution in [1.82, 2.24) is 19.4 Å². The quantitative estimate of drug-likeness (QED) is 0.359. The molecular weight excluding hydrogens is 456 g/mol. The number of hydrogen-bond acceptors (Lipinski definition) is 7. The van der Waals surface area contributed by atoms with E-state index >= 15 is 0 Å². The summed E-state index contributed by atoms with van der Waals surface area (Å²) in [6.07, 6.45) is 4.43. The molecule has 4 aromatic rings. The van der Waals surface area contributed by atoms with Gasteiger partial charge in [-0.3, -0.25) is 4.98 Å². The highest BCUT2D eigenvalue weighted by Gasteiger charge is 2.18. The molecule has 0 spiro atoms. The molecule has 2 aromatic heterocycles. The van der Waals surface area contributed by atoms with E-state index in [1.165, 1.54) is 11.5 Å². The van der Waals surface area contributed by atoms with Crippen LogP contribution < -0.4 is 10.0 Å². The molecule has 0 aliphatic carbocycles. The molecule has 10 heteroatoms. The van der Waals surface area contributed by atoms with Crippen molar-refractivity contribution in [1.29, 1.82) is 0 Å². The van der Waals surface area contributed by atoms with Crippen LogP contribution in [0.4, 0.5) is 0 Å². The molecule has 0 radical (unpaired) electrons. The Kier molecular flexibility index (Phi) is 7.58. The molecular formula is C21H23ClN4O3S2. The van der Waals surface area contributed by atoms with Crippen LogP contribution in [0, 0.1) is 0 Å². The molecule has 164 valence electrons. The molecule has 0 aliphatic heterocycles. The lowest BCUT2D eigenvalue weighted by atomic mass is 10.1. The normalized spacial score (nSPS) is 13.7. The van der Waals surface area contributed by atoms with Gasteiger partial charge in [-0.25, -0.2) is 13.1 Å². The zero-order valence-corrected chi connectivity index (χ0v) is 19.2. The summed E-state index contributed by atoms with van der Waals surface area (Å²) in [5.41, 5.74) is 0.800. The maximum absolute atomic E-state index is 12.7. The van der Waals surface area contributed by atoms with Gasteiger partial charge in [0.1, 0.15) is 0 Å². The van der Waals surface area contributed by atoms with Gasteiger partial charge in [-0.05, 0) is 59.7 Å². The summed E-state index contributed by atoms with van der Waals surface area (Å²) in [7, 11) is -3.65. The van der Waals surface area contributed by atoms with Gasteiger partial charge in [0, 0.05) is 48.5 Å². The Morgan fingerprint density at radius 3 is 2.71 bits per heavy atom. The first kappa shape index (κ1) is 23.5. The fourth-order valence-corrected chi connectivity index (χ4v) is 5.16. The zero-order chi connectivity index (χ0) is 21.1. The van der Waals surface area contributed by atoms with Crippen LogP contribution in [-0.2, 0) is 10.0 Å². The van der Waals surface area contributed by atoms with E-state index in [0.29, 0.717) is 13.1 Å². The van der Waals surface area contributed by atoms with Gasteiger partial charge in [0.2, 0.25) is 10.0 Å². The summed E-state index contributed by atoms with van der Waals surface area (Å²) >= 11 is 1.42. The van der Waals surface area contributed by atoms with Gasteiger partial charge in [0.05, 0.1) is 15.7 Å². The molecule has 1 unspecified atom stereocenters. The number of hydrogen-bond donors (Lipinski definition) is 3. The average molecular weight is 479 g/mol. The summed E-state index contributed by atoms with van der Waals surface area (Å²) in [6.45, 7) is 2.49. The van der Waals surface area contributed by atoms with Gasteiger partial charge in [-0.15, -0.1) is 12.4 Å². The monoisotopic (exact) mass is 478 g/mol. The molecule has 2 atom stereocenters. The first-order chi connectivity index (χ1) is 14.4. The topological polar surface area (TPSA) is 104 Å². The second-order valence-corrected chi connectivity index (χ2v) is 9.75. The van der Waals surface area contributed by atoms with E-state index in [1.54, 1.807) is 49.8 Å². The minimum Gasteiger partial charge on any atom is -0.387 e. The molecule has 0 amide bonds. The fraction of sp³-hybridized carbons (Fsp3) is 0.238. The number of nitrogens with one attached hydrogen (secondary N) is 2. The lowest BCUT2D eigenvalue weighted by molar-refractivity contribution is 0.174. The first-order valence-electron chi connectivity index (χ1n) is 9.51. The summed E-state index contributed by atoms with van der Waals surface area (Å²) in [5, 5.41) is 16.3. The molecule has 0 saturated carbocycles. The Bertz CT molecular complexity index is 1280. The molecule has 0 bridgehead atoms. The van der Waals surface area contributed by atoms with Crippen molar-refractivity contribution >= 4 is 54.8 Å². The van der Waals surface area contributed by atoms with Gasteiger partial charge in [-0.2, -0.15) is 4.37 Å². The van der Waals surface area contributed by atoms with E-state index in [4.69, 9.17) is 0 Å². The van der Waals surface area contributed by atoms with Crippen LogP contribution in [0.25, 0.3) is 20.9 Å². The van der Waals surface area contributed by atoms with Crippen LogP contribution in [0.15, 0.2) is 66.0 Å².